The minimum absolute atomic E-state index is 0.0198. The summed E-state index contributed by atoms with van der Waals surface area (Å²) in [7, 11) is 0. The molecule has 0 bridgehead atoms. The minimum Gasteiger partial charge on any atom is -0.340 e. The van der Waals surface area contributed by atoms with Crippen LogP contribution in [0.4, 0.5) is 0 Å². The number of nitrogens with zero attached hydrogens (tertiary/aromatic N) is 1. The van der Waals surface area contributed by atoms with Crippen molar-refractivity contribution in [3.05, 3.63) is 35.4 Å². The molecule has 1 fully saturated rings. The topological polar surface area (TPSA) is 75.4 Å². The third-order valence-electron chi connectivity index (χ3n) is 4.24. The Labute approximate surface area is 138 Å². The molecule has 0 radical (unpaired) electrons. The third-order valence-corrected chi connectivity index (χ3v) is 4.24. The molecule has 0 aliphatic carbocycles. The van der Waals surface area contributed by atoms with Gasteiger partial charge in [-0.1, -0.05) is 32.0 Å². The Bertz CT molecular complexity index is 571. The number of rotatable bonds is 5. The first-order chi connectivity index (χ1) is 10.9. The van der Waals surface area contributed by atoms with E-state index in [1.807, 2.05) is 25.1 Å². The molecule has 1 unspecified atom stereocenters. The van der Waals surface area contributed by atoms with Crippen LogP contribution in [0.15, 0.2) is 24.3 Å². The van der Waals surface area contributed by atoms with E-state index < -0.39 is 6.04 Å². The molecule has 0 saturated carbocycles. The Morgan fingerprint density at radius 2 is 2.04 bits per heavy atom. The number of benzene rings is 1. The van der Waals surface area contributed by atoms with E-state index >= 15 is 0 Å². The normalized spacial score (nSPS) is 19.0. The van der Waals surface area contributed by atoms with Crippen LogP contribution < -0.4 is 11.1 Å². The number of hydrogen-bond donors (Lipinski definition) is 2. The second kappa shape index (κ2) is 7.59. The van der Waals surface area contributed by atoms with Crippen LogP contribution in [0.5, 0.6) is 0 Å². The van der Waals surface area contributed by atoms with Gasteiger partial charge in [0.15, 0.2) is 0 Å². The Morgan fingerprint density at radius 1 is 1.35 bits per heavy atom. The fourth-order valence-corrected chi connectivity index (χ4v) is 2.96. The second-order valence-electron chi connectivity index (χ2n) is 6.80. The highest BCUT2D eigenvalue weighted by atomic mass is 16.2. The lowest BCUT2D eigenvalue weighted by atomic mass is 10.0. The molecule has 1 aliphatic heterocycles. The third kappa shape index (κ3) is 4.55. The average molecular weight is 317 g/mol. The summed E-state index contributed by atoms with van der Waals surface area (Å²) in [6, 6.07) is 6.97. The molecular weight excluding hydrogens is 290 g/mol. The van der Waals surface area contributed by atoms with Crippen molar-refractivity contribution in [3.8, 4) is 0 Å². The zero-order valence-electron chi connectivity index (χ0n) is 14.2. The van der Waals surface area contributed by atoms with Crippen molar-refractivity contribution in [1.82, 2.24) is 10.2 Å². The molecule has 1 aliphatic rings. The summed E-state index contributed by atoms with van der Waals surface area (Å²) >= 11 is 0. The fraction of sp³-hybridized carbons (Fsp3) is 0.556. The number of nitrogens with one attached hydrogen (secondary N) is 1. The van der Waals surface area contributed by atoms with Crippen LogP contribution in [0.2, 0.25) is 0 Å². The predicted octanol–water partition coefficient (Wildman–Crippen LogP) is 1.70. The molecular formula is C18H27N3O2. The number of carbonyl (C=O) groups is 2. The fourth-order valence-electron chi connectivity index (χ4n) is 2.96. The van der Waals surface area contributed by atoms with Gasteiger partial charge in [-0.3, -0.25) is 9.59 Å². The van der Waals surface area contributed by atoms with Gasteiger partial charge < -0.3 is 16.0 Å². The predicted molar refractivity (Wildman–Crippen MR) is 91.1 cm³/mol. The number of nitrogens with two attached hydrogens (primary N) is 1. The minimum atomic E-state index is -0.493. The lowest BCUT2D eigenvalue weighted by Crippen LogP contribution is -2.49. The van der Waals surface area contributed by atoms with Crippen molar-refractivity contribution in [1.29, 1.82) is 0 Å². The first-order valence-electron chi connectivity index (χ1n) is 8.29. The molecule has 5 nitrogen and oxygen atoms in total. The van der Waals surface area contributed by atoms with Gasteiger partial charge in [0.2, 0.25) is 5.91 Å². The summed E-state index contributed by atoms with van der Waals surface area (Å²) in [5.74, 6) is 0.108. The Balaban J connectivity index is 2.10. The van der Waals surface area contributed by atoms with Crippen LogP contribution in [-0.2, 0) is 4.79 Å². The maximum absolute atomic E-state index is 12.7. The van der Waals surface area contributed by atoms with Crippen molar-refractivity contribution in [3.63, 3.8) is 0 Å². The van der Waals surface area contributed by atoms with Crippen LogP contribution in [0.3, 0.4) is 0 Å². The summed E-state index contributed by atoms with van der Waals surface area (Å²) < 4.78 is 0. The number of aryl methyl sites for hydroxylation is 1. The SMILES string of the molecule is Cc1ccccc1C(=O)NC(CC(C)C)C(=O)N1CC[C@@H](N)C1. The summed E-state index contributed by atoms with van der Waals surface area (Å²) in [6.07, 6.45) is 1.45. The van der Waals surface area contributed by atoms with E-state index in [9.17, 15) is 9.59 Å². The average Bonchev–Trinajstić information content (AvgIpc) is 2.92. The summed E-state index contributed by atoms with van der Waals surface area (Å²) in [5.41, 5.74) is 7.42. The van der Waals surface area contributed by atoms with Gasteiger partial charge in [-0.2, -0.15) is 0 Å². The van der Waals surface area contributed by atoms with Crippen LogP contribution in [-0.4, -0.2) is 41.9 Å². The van der Waals surface area contributed by atoms with Gasteiger partial charge in [0.05, 0.1) is 0 Å². The van der Waals surface area contributed by atoms with E-state index in [1.54, 1.807) is 11.0 Å². The van der Waals surface area contributed by atoms with Crippen molar-refractivity contribution >= 4 is 11.8 Å². The van der Waals surface area contributed by atoms with Gasteiger partial charge in [-0.25, -0.2) is 0 Å². The van der Waals surface area contributed by atoms with Crippen molar-refractivity contribution < 1.29 is 9.59 Å². The summed E-state index contributed by atoms with van der Waals surface area (Å²) in [6.45, 7) is 7.25. The Hall–Kier alpha value is -1.88. The largest absolute Gasteiger partial charge is 0.340 e. The molecule has 2 rings (SSSR count). The van der Waals surface area contributed by atoms with E-state index in [0.29, 0.717) is 31.0 Å². The van der Waals surface area contributed by atoms with Crippen LogP contribution in [0, 0.1) is 12.8 Å². The maximum Gasteiger partial charge on any atom is 0.252 e. The van der Waals surface area contributed by atoms with E-state index in [2.05, 4.69) is 19.2 Å². The molecule has 1 saturated heterocycles. The zero-order valence-corrected chi connectivity index (χ0v) is 14.2. The molecule has 23 heavy (non-hydrogen) atoms. The van der Waals surface area contributed by atoms with Gasteiger partial charge >= 0.3 is 0 Å². The van der Waals surface area contributed by atoms with E-state index in [1.165, 1.54) is 0 Å². The maximum atomic E-state index is 12.7. The van der Waals surface area contributed by atoms with Crippen LogP contribution >= 0.6 is 0 Å². The van der Waals surface area contributed by atoms with Crippen LogP contribution in [0.1, 0.15) is 42.6 Å². The summed E-state index contributed by atoms with van der Waals surface area (Å²) in [5, 5.41) is 2.93. The number of carbonyl (C=O) groups excluding carboxylic acids is 2. The van der Waals surface area contributed by atoms with E-state index in [4.69, 9.17) is 5.73 Å². The Morgan fingerprint density at radius 3 is 2.61 bits per heavy atom. The lowest BCUT2D eigenvalue weighted by molar-refractivity contribution is -0.132. The highest BCUT2D eigenvalue weighted by molar-refractivity contribution is 5.98. The molecule has 5 heteroatoms. The molecule has 3 N–H and O–H groups in total. The van der Waals surface area contributed by atoms with Gasteiger partial charge in [0, 0.05) is 24.7 Å². The molecule has 1 aromatic rings. The highest BCUT2D eigenvalue weighted by Crippen LogP contribution is 2.15. The van der Waals surface area contributed by atoms with Crippen molar-refractivity contribution in [2.75, 3.05) is 13.1 Å². The standard InChI is InChI=1S/C18H27N3O2/c1-12(2)10-16(18(23)21-9-8-14(19)11-21)20-17(22)15-7-5-4-6-13(15)3/h4-7,12,14,16H,8-11,19H2,1-3H3,(H,20,22)/t14-,16?/m1/s1. The van der Waals surface area contributed by atoms with Crippen molar-refractivity contribution in [2.45, 2.75) is 45.7 Å². The lowest BCUT2D eigenvalue weighted by Gasteiger charge is -2.25. The molecule has 0 aromatic heterocycles. The zero-order chi connectivity index (χ0) is 17.0. The van der Waals surface area contributed by atoms with Gasteiger partial charge in [-0.05, 0) is 37.3 Å². The monoisotopic (exact) mass is 317 g/mol. The number of likely N-dealkylation sites (tertiary alicyclic amines) is 1. The molecule has 1 aromatic carbocycles. The molecule has 126 valence electrons. The van der Waals surface area contributed by atoms with Gasteiger partial charge in [0.1, 0.15) is 6.04 Å². The first kappa shape index (κ1) is 17.5. The van der Waals surface area contributed by atoms with E-state index in [-0.39, 0.29) is 17.9 Å². The Kier molecular flexibility index (Phi) is 5.77. The van der Waals surface area contributed by atoms with Crippen LogP contribution in [0.25, 0.3) is 0 Å². The number of hydrogen-bond acceptors (Lipinski definition) is 3. The van der Waals surface area contributed by atoms with Gasteiger partial charge in [0.25, 0.3) is 5.91 Å². The smallest absolute Gasteiger partial charge is 0.252 e. The number of amides is 2. The second-order valence-corrected chi connectivity index (χ2v) is 6.80. The van der Waals surface area contributed by atoms with Crippen molar-refractivity contribution in [2.24, 2.45) is 11.7 Å². The van der Waals surface area contributed by atoms with Gasteiger partial charge in [-0.15, -0.1) is 0 Å². The molecule has 2 atom stereocenters. The summed E-state index contributed by atoms with van der Waals surface area (Å²) in [4.78, 5) is 27.0. The highest BCUT2D eigenvalue weighted by Gasteiger charge is 2.31. The van der Waals surface area contributed by atoms with E-state index in [0.717, 1.165) is 12.0 Å². The quantitative estimate of drug-likeness (QED) is 0.868. The molecule has 0 spiro atoms. The molecule has 2 amide bonds. The first-order valence-corrected chi connectivity index (χ1v) is 8.29. The molecule has 1 heterocycles.